The van der Waals surface area contributed by atoms with E-state index >= 15 is 0 Å². The Morgan fingerprint density at radius 3 is 2.88 bits per heavy atom. The Bertz CT molecular complexity index is 928. The minimum absolute atomic E-state index is 0.524. The van der Waals surface area contributed by atoms with Crippen LogP contribution in [0, 0.1) is 13.8 Å². The van der Waals surface area contributed by atoms with Gasteiger partial charge >= 0.3 is 0 Å². The second-order valence-corrected chi connectivity index (χ2v) is 7.29. The predicted molar refractivity (Wildman–Crippen MR) is 101 cm³/mol. The third-order valence-electron chi connectivity index (χ3n) is 5.38. The van der Waals surface area contributed by atoms with Gasteiger partial charge in [-0.25, -0.2) is 0 Å². The van der Waals surface area contributed by atoms with Crippen molar-refractivity contribution in [1.82, 2.24) is 14.5 Å². The van der Waals surface area contributed by atoms with Crippen LogP contribution in [0.3, 0.4) is 0 Å². The molecule has 3 heterocycles. The lowest BCUT2D eigenvalue weighted by atomic mass is 10.0. The van der Waals surface area contributed by atoms with E-state index in [9.17, 15) is 5.11 Å². The molecule has 1 unspecified atom stereocenters. The maximum absolute atomic E-state index is 10.9. The first-order valence-electron chi connectivity index (χ1n) is 8.92. The van der Waals surface area contributed by atoms with Crippen LogP contribution >= 0.6 is 0 Å². The number of likely N-dealkylation sites (N-methyl/N-ethyl adjacent to an activating group) is 1. The number of hydrogen-bond acceptors (Lipinski definition) is 3. The molecule has 0 bridgehead atoms. The molecule has 25 heavy (non-hydrogen) atoms. The summed E-state index contributed by atoms with van der Waals surface area (Å²) in [5.41, 5.74) is 7.32. The largest absolute Gasteiger partial charge is 0.387 e. The lowest BCUT2D eigenvalue weighted by Gasteiger charge is -2.25. The first-order valence-corrected chi connectivity index (χ1v) is 8.92. The smallest absolute Gasteiger partial charge is 0.0972 e. The van der Waals surface area contributed by atoms with Gasteiger partial charge in [0.1, 0.15) is 0 Å². The second-order valence-electron chi connectivity index (χ2n) is 7.29. The molecule has 0 amide bonds. The first-order chi connectivity index (χ1) is 12.0. The molecule has 1 aromatic carbocycles. The number of benzene rings is 1. The second kappa shape index (κ2) is 6.28. The molecule has 0 fully saturated rings. The molecule has 0 radical (unpaired) electrons. The van der Waals surface area contributed by atoms with Gasteiger partial charge in [0.25, 0.3) is 0 Å². The minimum Gasteiger partial charge on any atom is -0.387 e. The summed E-state index contributed by atoms with van der Waals surface area (Å²) in [6.45, 7) is 6.78. The third kappa shape index (κ3) is 2.86. The van der Waals surface area contributed by atoms with Crippen LogP contribution in [0.5, 0.6) is 0 Å². The van der Waals surface area contributed by atoms with Crippen molar-refractivity contribution in [1.29, 1.82) is 0 Å². The SMILES string of the molecule is Cc1ccc2c(c1)c1c(n2CC(O)c2ccncc2C)CCN(C)C1. The Hall–Kier alpha value is -2.17. The molecular weight excluding hydrogens is 310 g/mol. The highest BCUT2D eigenvalue weighted by atomic mass is 16.3. The van der Waals surface area contributed by atoms with Crippen molar-refractivity contribution in [3.05, 3.63) is 64.6 Å². The maximum Gasteiger partial charge on any atom is 0.0972 e. The summed E-state index contributed by atoms with van der Waals surface area (Å²) >= 11 is 0. The van der Waals surface area contributed by atoms with E-state index in [4.69, 9.17) is 0 Å². The number of nitrogens with zero attached hydrogens (tertiary/aromatic N) is 3. The van der Waals surface area contributed by atoms with Gasteiger partial charge in [-0.05, 0) is 55.8 Å². The van der Waals surface area contributed by atoms with Crippen molar-refractivity contribution in [2.24, 2.45) is 0 Å². The monoisotopic (exact) mass is 335 g/mol. The summed E-state index contributed by atoms with van der Waals surface area (Å²) in [7, 11) is 2.18. The highest BCUT2D eigenvalue weighted by molar-refractivity contribution is 5.86. The number of aliphatic hydroxyl groups excluding tert-OH is 1. The molecule has 4 heteroatoms. The van der Waals surface area contributed by atoms with Crippen LogP contribution in [0.2, 0.25) is 0 Å². The van der Waals surface area contributed by atoms with E-state index in [2.05, 4.69) is 46.6 Å². The molecule has 4 rings (SSSR count). The molecule has 1 atom stereocenters. The van der Waals surface area contributed by atoms with Gasteiger partial charge in [0.2, 0.25) is 0 Å². The van der Waals surface area contributed by atoms with Crippen molar-refractivity contribution in [2.75, 3.05) is 13.6 Å². The number of fused-ring (bicyclic) bond motifs is 3. The average Bonchev–Trinajstić information content (AvgIpc) is 2.88. The third-order valence-corrected chi connectivity index (χ3v) is 5.38. The van der Waals surface area contributed by atoms with E-state index in [1.165, 1.54) is 27.7 Å². The fourth-order valence-electron chi connectivity index (χ4n) is 4.04. The maximum atomic E-state index is 10.9. The summed E-state index contributed by atoms with van der Waals surface area (Å²) in [6.07, 6.45) is 4.08. The van der Waals surface area contributed by atoms with Gasteiger partial charge in [0, 0.05) is 48.5 Å². The zero-order valence-electron chi connectivity index (χ0n) is 15.2. The van der Waals surface area contributed by atoms with Crippen molar-refractivity contribution in [2.45, 2.75) is 39.5 Å². The van der Waals surface area contributed by atoms with Crippen molar-refractivity contribution >= 4 is 10.9 Å². The number of rotatable bonds is 3. The molecule has 4 nitrogen and oxygen atoms in total. The summed E-state index contributed by atoms with van der Waals surface area (Å²) < 4.78 is 2.33. The Labute approximate surface area is 148 Å². The van der Waals surface area contributed by atoms with Gasteiger partial charge in [-0.3, -0.25) is 4.98 Å². The van der Waals surface area contributed by atoms with E-state index in [0.717, 1.165) is 30.6 Å². The molecule has 0 spiro atoms. The van der Waals surface area contributed by atoms with Crippen molar-refractivity contribution in [3.8, 4) is 0 Å². The van der Waals surface area contributed by atoms with Gasteiger partial charge in [0.05, 0.1) is 12.6 Å². The summed E-state index contributed by atoms with van der Waals surface area (Å²) in [6, 6.07) is 8.58. The Morgan fingerprint density at radius 2 is 2.08 bits per heavy atom. The van der Waals surface area contributed by atoms with Crippen LogP contribution in [-0.4, -0.2) is 33.1 Å². The highest BCUT2D eigenvalue weighted by Crippen LogP contribution is 2.33. The minimum atomic E-state index is -0.524. The quantitative estimate of drug-likeness (QED) is 0.798. The first kappa shape index (κ1) is 16.3. The van der Waals surface area contributed by atoms with Crippen LogP contribution in [0.1, 0.15) is 34.1 Å². The molecule has 2 aromatic heterocycles. The topological polar surface area (TPSA) is 41.3 Å². The Balaban J connectivity index is 1.81. The lowest BCUT2D eigenvalue weighted by molar-refractivity contribution is 0.155. The molecule has 0 saturated carbocycles. The fraction of sp³-hybridized carbons (Fsp3) is 0.381. The van der Waals surface area contributed by atoms with Gasteiger partial charge < -0.3 is 14.6 Å². The molecule has 130 valence electrons. The van der Waals surface area contributed by atoms with E-state index < -0.39 is 6.10 Å². The standard InChI is InChI=1S/C21H25N3O/c1-14-4-5-19-17(10-14)18-12-23(3)9-7-20(18)24(19)13-21(25)16-6-8-22-11-15(16)2/h4-6,8,10-11,21,25H,7,9,12-13H2,1-3H3. The van der Waals surface area contributed by atoms with Crippen molar-refractivity contribution < 1.29 is 5.11 Å². The van der Waals surface area contributed by atoms with Crippen LogP contribution in [0.25, 0.3) is 10.9 Å². The predicted octanol–water partition coefficient (Wildman–Crippen LogP) is 3.37. The summed E-state index contributed by atoms with van der Waals surface area (Å²) in [5, 5.41) is 12.2. The molecular formula is C21H25N3O. The lowest BCUT2D eigenvalue weighted by Crippen LogP contribution is -2.27. The van der Waals surface area contributed by atoms with Crippen LogP contribution in [-0.2, 0) is 19.5 Å². The Kier molecular flexibility index (Phi) is 4.10. The van der Waals surface area contributed by atoms with Gasteiger partial charge in [-0.1, -0.05) is 11.6 Å². The molecule has 1 N–H and O–H groups in total. The zero-order valence-corrected chi connectivity index (χ0v) is 15.2. The van der Waals surface area contributed by atoms with Gasteiger partial charge in [-0.2, -0.15) is 0 Å². The average molecular weight is 335 g/mol. The number of hydrogen-bond donors (Lipinski definition) is 1. The molecule has 0 aliphatic carbocycles. The van der Waals surface area contributed by atoms with E-state index in [-0.39, 0.29) is 0 Å². The van der Waals surface area contributed by atoms with Crippen LogP contribution < -0.4 is 0 Å². The normalized spacial score (nSPS) is 16.2. The van der Waals surface area contributed by atoms with E-state index in [0.29, 0.717) is 6.54 Å². The number of aliphatic hydroxyl groups is 1. The number of aryl methyl sites for hydroxylation is 2. The summed E-state index contributed by atoms with van der Waals surface area (Å²) in [5.74, 6) is 0. The zero-order chi connectivity index (χ0) is 17.6. The molecule has 3 aromatic rings. The number of aromatic nitrogens is 2. The van der Waals surface area contributed by atoms with Gasteiger partial charge in [-0.15, -0.1) is 0 Å². The van der Waals surface area contributed by atoms with E-state index in [1.807, 2.05) is 19.2 Å². The fourth-order valence-corrected chi connectivity index (χ4v) is 4.04. The van der Waals surface area contributed by atoms with Gasteiger partial charge in [0.15, 0.2) is 0 Å². The van der Waals surface area contributed by atoms with E-state index in [1.54, 1.807) is 6.20 Å². The molecule has 1 aliphatic rings. The summed E-state index contributed by atoms with van der Waals surface area (Å²) in [4.78, 5) is 6.51. The highest BCUT2D eigenvalue weighted by Gasteiger charge is 2.24. The Morgan fingerprint density at radius 1 is 1.24 bits per heavy atom. The van der Waals surface area contributed by atoms with Crippen LogP contribution in [0.4, 0.5) is 0 Å². The van der Waals surface area contributed by atoms with Crippen LogP contribution in [0.15, 0.2) is 36.7 Å². The molecule has 1 aliphatic heterocycles. The number of pyridine rings is 1. The van der Waals surface area contributed by atoms with Crippen molar-refractivity contribution in [3.63, 3.8) is 0 Å². The molecule has 0 saturated heterocycles.